The van der Waals surface area contributed by atoms with Crippen LogP contribution in [0.3, 0.4) is 0 Å². The zero-order chi connectivity index (χ0) is 70.9. The Morgan fingerprint density at radius 1 is 0.281 bits per heavy atom. The molecule has 0 bridgehead atoms. The summed E-state index contributed by atoms with van der Waals surface area (Å²) in [5.74, 6) is 0.176. The van der Waals surface area contributed by atoms with E-state index in [-0.39, 0.29) is 25.7 Å². The van der Waals surface area contributed by atoms with Crippen LogP contribution in [-0.4, -0.2) is 96.7 Å². The van der Waals surface area contributed by atoms with Crippen molar-refractivity contribution in [1.29, 1.82) is 0 Å². The van der Waals surface area contributed by atoms with Gasteiger partial charge >= 0.3 is 39.5 Å². The monoisotopic (exact) mass is 1410 g/mol. The summed E-state index contributed by atoms with van der Waals surface area (Å²) in [4.78, 5) is 72.9. The molecule has 0 fully saturated rings. The predicted octanol–water partition coefficient (Wildman–Crippen LogP) is 22.6. The predicted molar refractivity (Wildman–Crippen MR) is 391 cm³/mol. The van der Waals surface area contributed by atoms with Crippen LogP contribution < -0.4 is 0 Å². The van der Waals surface area contributed by atoms with Gasteiger partial charge in [-0.15, -0.1) is 0 Å². The van der Waals surface area contributed by atoms with Crippen LogP contribution in [-0.2, 0) is 65.4 Å². The molecule has 2 unspecified atom stereocenters. The van der Waals surface area contributed by atoms with Crippen molar-refractivity contribution in [3.8, 4) is 0 Å². The first kappa shape index (κ1) is 94.1. The Morgan fingerprint density at radius 3 is 0.708 bits per heavy atom. The molecule has 0 aliphatic rings. The first-order chi connectivity index (χ1) is 46.2. The van der Waals surface area contributed by atoms with Gasteiger partial charge in [-0.05, 0) is 43.4 Å². The first-order valence-electron chi connectivity index (χ1n) is 39.8. The lowest BCUT2D eigenvalue weighted by atomic mass is 10.0. The molecule has 19 heteroatoms. The van der Waals surface area contributed by atoms with E-state index in [0.717, 1.165) is 108 Å². The summed E-state index contributed by atoms with van der Waals surface area (Å²) in [6.07, 6.45) is 54.0. The van der Waals surface area contributed by atoms with Crippen molar-refractivity contribution in [2.24, 2.45) is 17.8 Å². The fourth-order valence-electron chi connectivity index (χ4n) is 11.8. The Kier molecular flexibility index (Phi) is 66.2. The summed E-state index contributed by atoms with van der Waals surface area (Å²) < 4.78 is 68.6. The average molecular weight is 1410 g/mol. The molecule has 0 amide bonds. The maximum absolute atomic E-state index is 13.1. The van der Waals surface area contributed by atoms with E-state index in [1.807, 2.05) is 0 Å². The Bertz CT molecular complexity index is 1870. The fourth-order valence-corrected chi connectivity index (χ4v) is 13.4. The minimum atomic E-state index is -4.96. The van der Waals surface area contributed by atoms with E-state index in [2.05, 4.69) is 48.5 Å². The van der Waals surface area contributed by atoms with E-state index in [9.17, 15) is 43.2 Å². The van der Waals surface area contributed by atoms with E-state index in [0.29, 0.717) is 25.7 Å². The molecule has 0 spiro atoms. The number of carbonyl (C=O) groups excluding carboxylic acids is 4. The summed E-state index contributed by atoms with van der Waals surface area (Å²) in [5, 5.41) is 10.6. The van der Waals surface area contributed by atoms with Gasteiger partial charge < -0.3 is 33.8 Å². The fraction of sp³-hybridized carbons (Fsp3) is 0.948. The summed E-state index contributed by atoms with van der Waals surface area (Å²) in [7, 11) is -9.91. The van der Waals surface area contributed by atoms with Gasteiger partial charge in [-0.3, -0.25) is 37.3 Å². The number of phosphoric ester groups is 2. The zero-order valence-electron chi connectivity index (χ0n) is 62.8. The number of carbonyl (C=O) groups is 4. The van der Waals surface area contributed by atoms with Crippen LogP contribution in [0.1, 0.15) is 395 Å². The molecule has 0 heterocycles. The van der Waals surface area contributed by atoms with Gasteiger partial charge in [-0.25, -0.2) is 9.13 Å². The van der Waals surface area contributed by atoms with E-state index in [1.165, 1.54) is 205 Å². The molecule has 0 saturated heterocycles. The highest BCUT2D eigenvalue weighted by Gasteiger charge is 2.30. The maximum Gasteiger partial charge on any atom is 0.472 e. The highest BCUT2D eigenvalue weighted by atomic mass is 31.2. The number of esters is 4. The third-order valence-corrected chi connectivity index (χ3v) is 19.8. The van der Waals surface area contributed by atoms with Crippen LogP contribution in [0.4, 0.5) is 0 Å². The van der Waals surface area contributed by atoms with E-state index >= 15 is 0 Å². The molecule has 0 aliphatic heterocycles. The van der Waals surface area contributed by atoms with E-state index in [4.69, 9.17) is 37.0 Å². The highest BCUT2D eigenvalue weighted by molar-refractivity contribution is 7.47. The molecule has 17 nitrogen and oxygen atoms in total. The van der Waals surface area contributed by atoms with Gasteiger partial charge in [0, 0.05) is 25.7 Å². The molecule has 0 radical (unpaired) electrons. The number of rotatable bonds is 75. The molecule has 0 aliphatic carbocycles. The lowest BCUT2D eigenvalue weighted by molar-refractivity contribution is -0.161. The number of ether oxygens (including phenoxy) is 4. The van der Waals surface area contributed by atoms with Crippen LogP contribution in [0.2, 0.25) is 0 Å². The number of aliphatic hydroxyl groups excluding tert-OH is 1. The number of unbranched alkanes of at least 4 members (excludes halogenated alkanes) is 43. The summed E-state index contributed by atoms with van der Waals surface area (Å²) in [6.45, 7) is 11.9. The van der Waals surface area contributed by atoms with Crippen LogP contribution in [0.15, 0.2) is 0 Å². The Balaban J connectivity index is 5.26. The molecule has 0 rings (SSSR count). The van der Waals surface area contributed by atoms with Crippen molar-refractivity contribution < 1.29 is 80.2 Å². The van der Waals surface area contributed by atoms with E-state index in [1.54, 1.807) is 0 Å². The van der Waals surface area contributed by atoms with Crippen LogP contribution >= 0.6 is 15.6 Å². The van der Waals surface area contributed by atoms with E-state index < -0.39 is 97.5 Å². The quantitative estimate of drug-likeness (QED) is 0.0222. The lowest BCUT2D eigenvalue weighted by Crippen LogP contribution is -2.30. The van der Waals surface area contributed by atoms with Crippen LogP contribution in [0.5, 0.6) is 0 Å². The van der Waals surface area contributed by atoms with Crippen molar-refractivity contribution >= 4 is 39.5 Å². The second-order valence-corrected chi connectivity index (χ2v) is 32.1. The Morgan fingerprint density at radius 2 is 0.479 bits per heavy atom. The maximum atomic E-state index is 13.1. The number of phosphoric acid groups is 2. The van der Waals surface area contributed by atoms with Gasteiger partial charge in [-0.1, -0.05) is 344 Å². The number of hydrogen-bond donors (Lipinski definition) is 3. The lowest BCUT2D eigenvalue weighted by Gasteiger charge is -2.21. The highest BCUT2D eigenvalue weighted by Crippen LogP contribution is 2.45. The van der Waals surface area contributed by atoms with Crippen molar-refractivity contribution in [2.75, 3.05) is 39.6 Å². The normalized spacial score (nSPS) is 14.1. The van der Waals surface area contributed by atoms with Gasteiger partial charge in [0.2, 0.25) is 0 Å². The molecule has 0 aromatic heterocycles. The van der Waals surface area contributed by atoms with Gasteiger partial charge in [0.25, 0.3) is 0 Å². The van der Waals surface area contributed by atoms with Crippen molar-refractivity contribution in [3.63, 3.8) is 0 Å². The van der Waals surface area contributed by atoms with Crippen LogP contribution in [0.25, 0.3) is 0 Å². The summed E-state index contributed by atoms with van der Waals surface area (Å²) >= 11 is 0. The van der Waals surface area contributed by atoms with Gasteiger partial charge in [0.1, 0.15) is 19.3 Å². The largest absolute Gasteiger partial charge is 0.472 e. The molecule has 5 atom stereocenters. The molecule has 96 heavy (non-hydrogen) atoms. The minimum absolute atomic E-state index is 0.106. The van der Waals surface area contributed by atoms with Crippen molar-refractivity contribution in [3.05, 3.63) is 0 Å². The average Bonchev–Trinajstić information content (AvgIpc) is 1.33. The Labute approximate surface area is 588 Å². The summed E-state index contributed by atoms with van der Waals surface area (Å²) in [5.41, 5.74) is 0. The molecule has 0 aromatic rings. The second-order valence-electron chi connectivity index (χ2n) is 29.2. The third kappa shape index (κ3) is 70.5. The molecular weight excluding hydrogens is 1260 g/mol. The number of aliphatic hydroxyl groups is 1. The minimum Gasteiger partial charge on any atom is -0.462 e. The van der Waals surface area contributed by atoms with Gasteiger partial charge in [-0.2, -0.15) is 0 Å². The molecular formula is C77H150O17P2. The standard InChI is InChI=1S/C77H150O17P2/c1-8-9-10-11-12-13-14-15-19-22-30-37-44-51-58-74(79)87-64-72(93-76(81)60-53-46-39-31-23-20-17-16-18-21-27-34-41-48-55-68(2)3)66-91-95(83,84)89-62-71(78)63-90-96(85,86)92-67-73(65-88-75(80)59-52-45-38-33-26-29-36-43-50-57-70(6)7)94-77(82)61-54-47-40-32-25-24-28-35-42-49-56-69(4)5/h68-73,78H,8-67H2,1-7H3,(H,83,84)(H,85,86)/t71-,72-,73-/m1/s1. The van der Waals surface area contributed by atoms with Gasteiger partial charge in [0.15, 0.2) is 12.2 Å². The van der Waals surface area contributed by atoms with Crippen LogP contribution in [0, 0.1) is 17.8 Å². The molecule has 0 aromatic carbocycles. The third-order valence-electron chi connectivity index (χ3n) is 17.9. The Hall–Kier alpha value is -1.94. The molecule has 0 saturated carbocycles. The SMILES string of the molecule is CCCCCCCCCCCCCCCCC(=O)OC[C@H](COP(=O)(O)OC[C@@H](O)COP(=O)(O)OC[C@@H](COC(=O)CCCCCCCCCCCC(C)C)OC(=O)CCCCCCCCCCCCC(C)C)OC(=O)CCCCCCCCCCCCCCCCC(C)C. The second kappa shape index (κ2) is 67.5. The van der Waals surface area contributed by atoms with Gasteiger partial charge in [0.05, 0.1) is 26.4 Å². The molecule has 3 N–H and O–H groups in total. The zero-order valence-corrected chi connectivity index (χ0v) is 64.6. The molecule has 570 valence electrons. The topological polar surface area (TPSA) is 237 Å². The first-order valence-corrected chi connectivity index (χ1v) is 42.8. The van der Waals surface area contributed by atoms with Crippen molar-refractivity contribution in [1.82, 2.24) is 0 Å². The number of hydrogen-bond acceptors (Lipinski definition) is 15. The summed E-state index contributed by atoms with van der Waals surface area (Å²) in [6, 6.07) is 0. The van der Waals surface area contributed by atoms with Crippen molar-refractivity contribution in [2.45, 2.75) is 414 Å². The smallest absolute Gasteiger partial charge is 0.462 e.